The first-order chi connectivity index (χ1) is 5.13. The molecule has 1 saturated heterocycles. The number of amides is 1. The van der Waals surface area contributed by atoms with Crippen molar-refractivity contribution in [3.8, 4) is 0 Å². The van der Waals surface area contributed by atoms with Gasteiger partial charge in [0.15, 0.2) is 5.81 Å². The Kier molecular flexibility index (Phi) is 2.17. The Morgan fingerprint density at radius 3 is 2.55 bits per heavy atom. The van der Waals surface area contributed by atoms with Crippen LogP contribution < -0.4 is 0 Å². The Hall–Kier alpha value is -0.995. The lowest BCUT2D eigenvalue weighted by Crippen LogP contribution is -2.39. The predicted molar refractivity (Wildman–Crippen MR) is 41.3 cm³/mol. The van der Waals surface area contributed by atoms with Gasteiger partial charge in [0, 0.05) is 6.54 Å². The zero-order valence-corrected chi connectivity index (χ0v) is 6.41. The highest BCUT2D eigenvalue weighted by atomic mass is 16.4. The molecule has 0 spiro atoms. The molecular formula is C6H10BNO3. The van der Waals surface area contributed by atoms with Crippen molar-refractivity contribution in [1.29, 1.82) is 0 Å². The number of carbonyl (C=O) groups excluding carboxylic acids is 1. The molecule has 0 unspecified atom stereocenters. The molecule has 1 N–H and O–H groups in total. The van der Waals surface area contributed by atoms with Crippen LogP contribution in [0.1, 0.15) is 12.8 Å². The standard InChI is InChI=1S/C6H10BNO3/c7-6(11)8-3-1-2-4(8)5(9)10/h4H,1-3,7H2,(H,9,10)/t4-/m0/s1. The summed E-state index contributed by atoms with van der Waals surface area (Å²) in [5.74, 6) is -1.03. The highest BCUT2D eigenvalue weighted by molar-refractivity contribution is 6.57. The van der Waals surface area contributed by atoms with Crippen LogP contribution in [0.25, 0.3) is 0 Å². The predicted octanol–water partition coefficient (Wildman–Crippen LogP) is -0.712. The van der Waals surface area contributed by atoms with E-state index in [9.17, 15) is 9.59 Å². The van der Waals surface area contributed by atoms with Gasteiger partial charge >= 0.3 is 5.97 Å². The monoisotopic (exact) mass is 155 g/mol. The average Bonchev–Trinajstić information content (AvgIpc) is 2.32. The van der Waals surface area contributed by atoms with E-state index in [1.54, 1.807) is 0 Å². The van der Waals surface area contributed by atoms with Crippen molar-refractivity contribution in [3.63, 3.8) is 0 Å². The third-order valence-corrected chi connectivity index (χ3v) is 1.94. The first kappa shape index (κ1) is 8.10. The first-order valence-electron chi connectivity index (χ1n) is 3.63. The van der Waals surface area contributed by atoms with E-state index in [0.29, 0.717) is 13.0 Å². The van der Waals surface area contributed by atoms with Crippen molar-refractivity contribution < 1.29 is 14.7 Å². The van der Waals surface area contributed by atoms with Crippen LogP contribution in [0.2, 0.25) is 0 Å². The van der Waals surface area contributed by atoms with Crippen LogP contribution in [-0.2, 0) is 4.79 Å². The van der Waals surface area contributed by atoms with Gasteiger partial charge in [0.2, 0.25) is 7.85 Å². The maximum absolute atomic E-state index is 10.8. The summed E-state index contributed by atoms with van der Waals surface area (Å²) in [6.07, 6.45) is 1.39. The smallest absolute Gasteiger partial charge is 0.326 e. The molecule has 4 nitrogen and oxygen atoms in total. The molecule has 0 aliphatic carbocycles. The summed E-state index contributed by atoms with van der Waals surface area (Å²) in [5.41, 5.74) is 0. The zero-order valence-electron chi connectivity index (χ0n) is 6.41. The number of aliphatic carboxylic acids is 1. The average molecular weight is 155 g/mol. The maximum atomic E-state index is 10.8. The van der Waals surface area contributed by atoms with Gasteiger partial charge in [-0.3, -0.25) is 4.79 Å². The van der Waals surface area contributed by atoms with E-state index < -0.39 is 12.0 Å². The number of hydrogen-bond donors (Lipinski definition) is 1. The normalized spacial score (nSPS) is 23.6. The van der Waals surface area contributed by atoms with E-state index in [0.717, 1.165) is 6.42 Å². The van der Waals surface area contributed by atoms with Gasteiger partial charge in [0.25, 0.3) is 0 Å². The van der Waals surface area contributed by atoms with Crippen molar-refractivity contribution in [2.75, 3.05) is 6.54 Å². The topological polar surface area (TPSA) is 57.6 Å². The number of hydrogen-bond acceptors (Lipinski definition) is 2. The fourth-order valence-corrected chi connectivity index (χ4v) is 1.40. The molecule has 0 radical (unpaired) electrons. The Balaban J connectivity index is 2.65. The third kappa shape index (κ3) is 1.53. The largest absolute Gasteiger partial charge is 0.480 e. The Labute approximate surface area is 65.6 Å². The molecule has 0 aromatic heterocycles. The molecular weight excluding hydrogens is 145 g/mol. The number of nitrogens with zero attached hydrogens (tertiary/aromatic N) is 1. The van der Waals surface area contributed by atoms with Crippen LogP contribution in [-0.4, -0.2) is 42.2 Å². The van der Waals surface area contributed by atoms with Crippen LogP contribution in [0, 0.1) is 0 Å². The van der Waals surface area contributed by atoms with Crippen LogP contribution in [0.3, 0.4) is 0 Å². The van der Waals surface area contributed by atoms with Crippen LogP contribution in [0.5, 0.6) is 0 Å². The van der Waals surface area contributed by atoms with Crippen LogP contribution in [0.15, 0.2) is 0 Å². The third-order valence-electron chi connectivity index (χ3n) is 1.94. The lowest BCUT2D eigenvalue weighted by Gasteiger charge is -2.19. The number of likely N-dealkylation sites (tertiary alicyclic amines) is 1. The summed E-state index contributed by atoms with van der Waals surface area (Å²) in [4.78, 5) is 22.8. The first-order valence-corrected chi connectivity index (χ1v) is 3.63. The molecule has 1 aliphatic heterocycles. The summed E-state index contributed by atoms with van der Waals surface area (Å²) >= 11 is 0. The SMILES string of the molecule is BC(=O)N1CCC[C@H]1C(=O)O. The highest BCUT2D eigenvalue weighted by Crippen LogP contribution is 2.16. The second-order valence-corrected chi connectivity index (χ2v) is 2.71. The van der Waals surface area contributed by atoms with Crippen molar-refractivity contribution >= 4 is 19.6 Å². The second kappa shape index (κ2) is 2.94. The van der Waals surface area contributed by atoms with Gasteiger partial charge in [0.1, 0.15) is 6.04 Å². The Bertz CT molecular complexity index is 174. The molecule has 5 heteroatoms. The maximum Gasteiger partial charge on any atom is 0.326 e. The second-order valence-electron chi connectivity index (χ2n) is 2.71. The molecule has 0 aromatic rings. The van der Waals surface area contributed by atoms with E-state index in [4.69, 9.17) is 5.11 Å². The van der Waals surface area contributed by atoms with Gasteiger partial charge in [-0.05, 0) is 12.8 Å². The quantitative estimate of drug-likeness (QED) is 0.508. The Morgan fingerprint density at radius 2 is 2.18 bits per heavy atom. The lowest BCUT2D eigenvalue weighted by atomic mass is 10.1. The van der Waals surface area contributed by atoms with E-state index in [1.165, 1.54) is 12.7 Å². The molecule has 1 heterocycles. The summed E-state index contributed by atoms with van der Waals surface area (Å²) < 4.78 is 0. The molecule has 0 bridgehead atoms. The van der Waals surface area contributed by atoms with Crippen molar-refractivity contribution in [1.82, 2.24) is 4.90 Å². The molecule has 60 valence electrons. The summed E-state index contributed by atoms with van der Waals surface area (Å²) in [5, 5.41) is 8.64. The fraction of sp³-hybridized carbons (Fsp3) is 0.667. The number of carbonyl (C=O) groups is 2. The molecule has 11 heavy (non-hydrogen) atoms. The molecule has 1 fully saturated rings. The van der Waals surface area contributed by atoms with Gasteiger partial charge in [-0.2, -0.15) is 0 Å². The number of carboxylic acid groups (broad SMARTS) is 1. The van der Waals surface area contributed by atoms with E-state index >= 15 is 0 Å². The molecule has 1 amide bonds. The molecule has 0 aromatic carbocycles. The highest BCUT2D eigenvalue weighted by Gasteiger charge is 2.31. The van der Waals surface area contributed by atoms with E-state index in [2.05, 4.69) is 0 Å². The van der Waals surface area contributed by atoms with Crippen molar-refractivity contribution in [2.24, 2.45) is 0 Å². The minimum Gasteiger partial charge on any atom is -0.480 e. The van der Waals surface area contributed by atoms with Crippen molar-refractivity contribution in [2.45, 2.75) is 18.9 Å². The Morgan fingerprint density at radius 1 is 1.55 bits per heavy atom. The van der Waals surface area contributed by atoms with Crippen molar-refractivity contribution in [3.05, 3.63) is 0 Å². The molecule has 0 saturated carbocycles. The summed E-state index contributed by atoms with van der Waals surface area (Å²) in [7, 11) is 1.40. The van der Waals surface area contributed by atoms with E-state index in [1.807, 2.05) is 0 Å². The van der Waals surface area contributed by atoms with Gasteiger partial charge < -0.3 is 10.0 Å². The van der Waals surface area contributed by atoms with Crippen LogP contribution in [0.4, 0.5) is 4.79 Å². The lowest BCUT2D eigenvalue weighted by molar-refractivity contribution is -0.141. The minimum absolute atomic E-state index is 0.144. The molecule has 1 aliphatic rings. The summed E-state index contributed by atoms with van der Waals surface area (Å²) in [6, 6.07) is -0.576. The molecule has 1 atom stereocenters. The number of carboxylic acids is 1. The van der Waals surface area contributed by atoms with Gasteiger partial charge in [-0.1, -0.05) is 0 Å². The fourth-order valence-electron chi connectivity index (χ4n) is 1.40. The summed E-state index contributed by atoms with van der Waals surface area (Å²) in [6.45, 7) is 0.590. The number of rotatable bonds is 1. The minimum atomic E-state index is -0.891. The van der Waals surface area contributed by atoms with Gasteiger partial charge in [0.05, 0.1) is 0 Å². The van der Waals surface area contributed by atoms with Crippen LogP contribution >= 0.6 is 0 Å². The van der Waals surface area contributed by atoms with E-state index in [-0.39, 0.29) is 5.81 Å². The van der Waals surface area contributed by atoms with Gasteiger partial charge in [-0.25, -0.2) is 4.79 Å². The zero-order chi connectivity index (χ0) is 8.43. The molecule has 1 rings (SSSR count). The van der Waals surface area contributed by atoms with Gasteiger partial charge in [-0.15, -0.1) is 0 Å².